The molecule has 0 fully saturated rings. The first-order chi connectivity index (χ1) is 4.74. The van der Waals surface area contributed by atoms with Crippen molar-refractivity contribution >= 4 is 28.0 Å². The van der Waals surface area contributed by atoms with Gasteiger partial charge in [0, 0.05) is 5.69 Å². The van der Waals surface area contributed by atoms with Crippen LogP contribution < -0.4 is 15.3 Å². The van der Waals surface area contributed by atoms with Crippen molar-refractivity contribution in [3.05, 3.63) is 18.2 Å². The Morgan fingerprint density at radius 3 is 2.50 bits per heavy atom. The highest BCUT2D eigenvalue weighted by atomic mass is 27.1. The minimum atomic E-state index is 0.551. The van der Waals surface area contributed by atoms with Gasteiger partial charge in [-0.1, -0.05) is 0 Å². The molecule has 0 heterocycles. The molecular weight excluding hydrogens is 143 g/mol. The molecule has 1 rings (SSSR count). The van der Waals surface area contributed by atoms with E-state index in [9.17, 15) is 0 Å². The largest absolute Gasteiger partial charge is 0.652 e. The number of hydrogen-bond acceptors (Lipinski definition) is 3. The van der Waals surface area contributed by atoms with Crippen molar-refractivity contribution in [2.75, 3.05) is 11.5 Å². The second-order valence-corrected chi connectivity index (χ2v) is 2.15. The van der Waals surface area contributed by atoms with Crippen LogP contribution in [0, 0.1) is 0 Å². The Kier molecular flexibility index (Phi) is 2.05. The van der Waals surface area contributed by atoms with E-state index in [4.69, 9.17) is 15.3 Å². The lowest BCUT2D eigenvalue weighted by Gasteiger charge is -2.05. The van der Waals surface area contributed by atoms with E-state index in [1.54, 1.807) is 18.2 Å². The van der Waals surface area contributed by atoms with Crippen molar-refractivity contribution in [2.24, 2.45) is 0 Å². The molecule has 0 bridgehead atoms. The summed E-state index contributed by atoms with van der Waals surface area (Å²) in [6.45, 7) is 0. The molecule has 0 amide bonds. The molecule has 0 saturated heterocycles. The first-order valence-electron chi connectivity index (χ1n) is 2.76. The molecule has 0 spiro atoms. The van der Waals surface area contributed by atoms with Crippen LogP contribution in [-0.4, -0.2) is 16.6 Å². The normalized spacial score (nSPS) is 9.20. The summed E-state index contributed by atoms with van der Waals surface area (Å²) in [5, 5.41) is 0. The second kappa shape index (κ2) is 2.82. The summed E-state index contributed by atoms with van der Waals surface area (Å²) in [5.41, 5.74) is 12.1. The fourth-order valence-corrected chi connectivity index (χ4v) is 0.889. The van der Waals surface area contributed by atoms with E-state index < -0.39 is 0 Å². The van der Waals surface area contributed by atoms with Crippen LogP contribution in [0.4, 0.5) is 11.4 Å². The van der Waals surface area contributed by atoms with Crippen LogP contribution in [0.3, 0.4) is 0 Å². The summed E-state index contributed by atoms with van der Waals surface area (Å²) in [6.07, 6.45) is 0. The van der Waals surface area contributed by atoms with Crippen molar-refractivity contribution in [3.8, 4) is 5.75 Å². The molecular formula is C6H7AlN2O. The van der Waals surface area contributed by atoms with Gasteiger partial charge in [-0.15, -0.1) is 0 Å². The van der Waals surface area contributed by atoms with Gasteiger partial charge in [0.05, 0.1) is 5.69 Å². The van der Waals surface area contributed by atoms with Crippen LogP contribution in [0.1, 0.15) is 0 Å². The van der Waals surface area contributed by atoms with Crippen molar-refractivity contribution in [2.45, 2.75) is 0 Å². The maximum atomic E-state index is 5.51. The van der Waals surface area contributed by atoms with E-state index in [-0.39, 0.29) is 0 Å². The first-order valence-corrected chi connectivity index (χ1v) is 3.23. The minimum absolute atomic E-state index is 0.551. The molecule has 4 N–H and O–H groups in total. The van der Waals surface area contributed by atoms with Gasteiger partial charge in [0.1, 0.15) is 5.75 Å². The van der Waals surface area contributed by atoms with Crippen LogP contribution in [-0.2, 0) is 0 Å². The summed E-state index contributed by atoms with van der Waals surface area (Å²) in [4.78, 5) is 0. The average Bonchev–Trinajstić information content (AvgIpc) is 1.88. The van der Waals surface area contributed by atoms with Gasteiger partial charge in [0.25, 0.3) is 0 Å². The number of anilines is 2. The molecule has 50 valence electrons. The number of rotatable bonds is 1. The number of nitrogen functional groups attached to an aromatic ring is 2. The average molecular weight is 150 g/mol. The van der Waals surface area contributed by atoms with Gasteiger partial charge < -0.3 is 15.3 Å². The van der Waals surface area contributed by atoms with Gasteiger partial charge in [-0.3, -0.25) is 0 Å². The summed E-state index contributed by atoms with van der Waals surface area (Å²) >= 11 is 2.12. The molecule has 0 saturated carbocycles. The molecule has 3 nitrogen and oxygen atoms in total. The van der Waals surface area contributed by atoms with Gasteiger partial charge in [0.15, 0.2) is 0 Å². The zero-order valence-corrected chi connectivity index (χ0v) is 6.53. The Bertz CT molecular complexity index is 239. The summed E-state index contributed by atoms with van der Waals surface area (Å²) in [7, 11) is 0. The van der Waals surface area contributed by atoms with Gasteiger partial charge in [-0.25, -0.2) is 0 Å². The highest BCUT2D eigenvalue weighted by Gasteiger charge is 1.94. The Morgan fingerprint density at radius 2 is 2.00 bits per heavy atom. The summed E-state index contributed by atoms with van der Waals surface area (Å²) in [6, 6.07) is 5.10. The molecule has 0 aliphatic heterocycles. The van der Waals surface area contributed by atoms with Crippen molar-refractivity contribution in [1.82, 2.24) is 0 Å². The summed E-state index contributed by atoms with van der Waals surface area (Å²) in [5.74, 6) is 0.624. The molecule has 10 heavy (non-hydrogen) atoms. The Morgan fingerprint density at radius 1 is 1.30 bits per heavy atom. The molecule has 1 aromatic carbocycles. The van der Waals surface area contributed by atoms with Gasteiger partial charge >= 0.3 is 16.6 Å². The Balaban J connectivity index is 3.07. The van der Waals surface area contributed by atoms with E-state index in [0.717, 1.165) is 0 Å². The van der Waals surface area contributed by atoms with Crippen LogP contribution in [0.2, 0.25) is 0 Å². The topological polar surface area (TPSA) is 61.3 Å². The lowest BCUT2D eigenvalue weighted by atomic mass is 10.3. The van der Waals surface area contributed by atoms with Gasteiger partial charge in [0.2, 0.25) is 0 Å². The molecule has 0 unspecified atom stereocenters. The monoisotopic (exact) mass is 150 g/mol. The summed E-state index contributed by atoms with van der Waals surface area (Å²) < 4.78 is 4.84. The molecule has 0 aliphatic carbocycles. The van der Waals surface area contributed by atoms with Crippen molar-refractivity contribution in [3.63, 3.8) is 0 Å². The molecule has 1 aromatic rings. The predicted octanol–water partition coefficient (Wildman–Crippen LogP) is 0.313. The smallest absolute Gasteiger partial charge is 0.482 e. The van der Waals surface area contributed by atoms with E-state index in [1.807, 2.05) is 0 Å². The van der Waals surface area contributed by atoms with Crippen LogP contribution in [0.25, 0.3) is 0 Å². The minimum Gasteiger partial charge on any atom is -0.652 e. The maximum absolute atomic E-state index is 5.51. The highest BCUT2D eigenvalue weighted by Crippen LogP contribution is 2.22. The van der Waals surface area contributed by atoms with Crippen LogP contribution >= 0.6 is 0 Å². The van der Waals surface area contributed by atoms with Gasteiger partial charge in [-0.05, 0) is 18.2 Å². The third-order valence-electron chi connectivity index (χ3n) is 1.16. The lowest BCUT2D eigenvalue weighted by molar-refractivity contribution is 0.619. The maximum Gasteiger partial charge on any atom is 0.482 e. The second-order valence-electron chi connectivity index (χ2n) is 1.92. The molecule has 0 aliphatic rings. The van der Waals surface area contributed by atoms with Crippen LogP contribution in [0.5, 0.6) is 5.75 Å². The fraction of sp³-hybridized carbons (Fsp3) is 0. The molecule has 0 aromatic heterocycles. The van der Waals surface area contributed by atoms with Crippen molar-refractivity contribution in [1.29, 1.82) is 0 Å². The SMILES string of the molecule is Nc1ccc([O][Al])c(N)c1. The zero-order chi connectivity index (χ0) is 7.56. The Hall–Kier alpha value is -0.848. The zero-order valence-electron chi connectivity index (χ0n) is 5.37. The Labute approximate surface area is 67.7 Å². The predicted molar refractivity (Wildman–Crippen MR) is 41.6 cm³/mol. The van der Waals surface area contributed by atoms with Crippen molar-refractivity contribution < 1.29 is 3.79 Å². The fourth-order valence-electron chi connectivity index (χ4n) is 0.674. The third-order valence-corrected chi connectivity index (χ3v) is 1.41. The first kappa shape index (κ1) is 7.26. The van der Waals surface area contributed by atoms with Gasteiger partial charge in [-0.2, -0.15) is 0 Å². The highest BCUT2D eigenvalue weighted by molar-refractivity contribution is 6.00. The molecule has 0 atom stereocenters. The van der Waals surface area contributed by atoms with Crippen LogP contribution in [0.15, 0.2) is 18.2 Å². The number of hydrogen-bond donors (Lipinski definition) is 2. The standard InChI is InChI=1S/C6H8N2O.Al/c7-4-1-2-6(9)5(8)3-4;/h1-3,9H,7-8H2;/q;+1/p-1. The van der Waals surface area contributed by atoms with E-state index in [0.29, 0.717) is 17.1 Å². The lowest BCUT2D eigenvalue weighted by Crippen LogP contribution is -1.94. The van der Waals surface area contributed by atoms with E-state index in [1.165, 1.54) is 0 Å². The molecule has 2 radical (unpaired) electrons. The third kappa shape index (κ3) is 1.35. The van der Waals surface area contributed by atoms with E-state index in [2.05, 4.69) is 16.6 Å². The quantitative estimate of drug-likeness (QED) is 0.447. The van der Waals surface area contributed by atoms with E-state index >= 15 is 0 Å². The number of nitrogens with two attached hydrogens (primary N) is 2. The number of benzene rings is 1. The molecule has 4 heteroatoms.